The summed E-state index contributed by atoms with van der Waals surface area (Å²) >= 11 is 0. The monoisotopic (exact) mass is 519 g/mol. The second-order valence-corrected chi connectivity index (χ2v) is 11.4. The standard InChI is InChI=1S/C29H41N7O2/c1-19(2)29(14-13-20(29)3)36-25-21(17-24(27(36)38)26(37)34(6)7)18-30-28(32-25)31-22-9-11-23(12-10-22)35(8)16-15-33(4)5/h9-12,17-20H,13-16H2,1-8H3,(H,30,31,32)/t20-,29?/m1/s1. The minimum absolute atomic E-state index is 0.153. The van der Waals surface area contributed by atoms with Gasteiger partial charge in [-0.05, 0) is 69.1 Å². The van der Waals surface area contributed by atoms with Gasteiger partial charge in [0.1, 0.15) is 11.2 Å². The number of likely N-dealkylation sites (N-methyl/N-ethyl adjacent to an activating group) is 2. The summed E-state index contributed by atoms with van der Waals surface area (Å²) < 4.78 is 1.80. The Bertz CT molecular complexity index is 1360. The zero-order chi connectivity index (χ0) is 27.8. The van der Waals surface area contributed by atoms with Crippen molar-refractivity contribution in [2.24, 2.45) is 11.8 Å². The lowest BCUT2D eigenvalue weighted by Gasteiger charge is -2.52. The lowest BCUT2D eigenvalue weighted by atomic mass is 9.61. The quantitative estimate of drug-likeness (QED) is 0.457. The van der Waals surface area contributed by atoms with E-state index in [1.807, 2.05) is 12.1 Å². The molecule has 1 saturated carbocycles. The summed E-state index contributed by atoms with van der Waals surface area (Å²) in [6.45, 7) is 8.37. The van der Waals surface area contributed by atoms with E-state index in [9.17, 15) is 9.59 Å². The third-order valence-electron chi connectivity index (χ3n) is 8.07. The van der Waals surface area contributed by atoms with Crippen molar-refractivity contribution >= 4 is 34.3 Å². The van der Waals surface area contributed by atoms with E-state index in [1.54, 1.807) is 30.9 Å². The minimum atomic E-state index is -0.400. The molecule has 3 aromatic rings. The number of hydrogen-bond donors (Lipinski definition) is 1. The van der Waals surface area contributed by atoms with Crippen molar-refractivity contribution in [2.75, 3.05) is 58.5 Å². The van der Waals surface area contributed by atoms with E-state index in [-0.39, 0.29) is 28.9 Å². The lowest BCUT2D eigenvalue weighted by Crippen LogP contribution is -2.56. The van der Waals surface area contributed by atoms with Crippen molar-refractivity contribution in [1.82, 2.24) is 24.3 Å². The van der Waals surface area contributed by atoms with Gasteiger partial charge in [0.15, 0.2) is 0 Å². The third-order valence-corrected chi connectivity index (χ3v) is 8.07. The van der Waals surface area contributed by atoms with Crippen molar-refractivity contribution in [1.29, 1.82) is 0 Å². The molecule has 2 heterocycles. The zero-order valence-corrected chi connectivity index (χ0v) is 23.9. The fraction of sp³-hybridized carbons (Fsp3) is 0.517. The SMILES string of the molecule is CC(C)C1(n2c(=O)c(C(=O)N(C)C)cc3cnc(Nc4ccc(N(C)CCN(C)C)cc4)nc32)CC[C@H]1C. The Labute approximate surface area is 225 Å². The molecule has 0 saturated heterocycles. The summed E-state index contributed by atoms with van der Waals surface area (Å²) in [6, 6.07) is 9.78. The van der Waals surface area contributed by atoms with Crippen LogP contribution in [-0.2, 0) is 5.54 Å². The molecular weight excluding hydrogens is 478 g/mol. The lowest BCUT2D eigenvalue weighted by molar-refractivity contribution is 0.00734. The number of aromatic nitrogens is 3. The van der Waals surface area contributed by atoms with E-state index in [0.29, 0.717) is 17.0 Å². The highest BCUT2D eigenvalue weighted by Gasteiger charge is 2.50. The second kappa shape index (κ2) is 10.7. The molecule has 1 unspecified atom stereocenters. The minimum Gasteiger partial charge on any atom is -0.373 e. The average molecular weight is 520 g/mol. The van der Waals surface area contributed by atoms with Crippen molar-refractivity contribution in [3.63, 3.8) is 0 Å². The maximum atomic E-state index is 13.9. The average Bonchev–Trinajstić information content (AvgIpc) is 2.87. The molecule has 4 rings (SSSR count). The normalized spacial score (nSPS) is 19.1. The first-order valence-corrected chi connectivity index (χ1v) is 13.3. The van der Waals surface area contributed by atoms with Crippen LogP contribution in [0.3, 0.4) is 0 Å². The maximum absolute atomic E-state index is 13.9. The van der Waals surface area contributed by atoms with E-state index >= 15 is 0 Å². The van der Waals surface area contributed by atoms with Gasteiger partial charge in [-0.3, -0.25) is 14.2 Å². The molecule has 0 radical (unpaired) electrons. The predicted octanol–water partition coefficient (Wildman–Crippen LogP) is 4.02. The number of rotatable bonds is 9. The van der Waals surface area contributed by atoms with Crippen LogP contribution in [0, 0.1) is 11.8 Å². The number of benzene rings is 1. The molecule has 38 heavy (non-hydrogen) atoms. The van der Waals surface area contributed by atoms with Gasteiger partial charge in [-0.2, -0.15) is 4.98 Å². The Morgan fingerprint density at radius 3 is 2.34 bits per heavy atom. The third kappa shape index (κ3) is 4.99. The maximum Gasteiger partial charge on any atom is 0.265 e. The number of amides is 1. The topological polar surface area (TPSA) is 86.6 Å². The van der Waals surface area contributed by atoms with Gasteiger partial charge in [-0.1, -0.05) is 20.8 Å². The first kappa shape index (κ1) is 27.6. The molecule has 9 heteroatoms. The summed E-state index contributed by atoms with van der Waals surface area (Å²) in [6.07, 6.45) is 3.60. The number of carbonyl (C=O) groups is 1. The number of carbonyl (C=O) groups excluding carboxylic acids is 1. The number of nitrogens with one attached hydrogen (secondary N) is 1. The van der Waals surface area contributed by atoms with Crippen LogP contribution in [0.4, 0.5) is 17.3 Å². The van der Waals surface area contributed by atoms with Crippen LogP contribution in [0.1, 0.15) is 44.0 Å². The van der Waals surface area contributed by atoms with Gasteiger partial charge in [-0.15, -0.1) is 0 Å². The Morgan fingerprint density at radius 2 is 1.82 bits per heavy atom. The molecule has 1 aliphatic rings. The summed E-state index contributed by atoms with van der Waals surface area (Å²) in [7, 11) is 9.54. The second-order valence-electron chi connectivity index (χ2n) is 11.4. The van der Waals surface area contributed by atoms with Gasteiger partial charge in [0.05, 0.1) is 5.54 Å². The molecule has 0 bridgehead atoms. The number of fused-ring (bicyclic) bond motifs is 1. The molecule has 2 atom stereocenters. The van der Waals surface area contributed by atoms with Crippen LogP contribution in [0.2, 0.25) is 0 Å². The highest BCUT2D eigenvalue weighted by atomic mass is 16.2. The number of hydrogen-bond acceptors (Lipinski definition) is 7. The van der Waals surface area contributed by atoms with Crippen LogP contribution in [0.25, 0.3) is 11.0 Å². The van der Waals surface area contributed by atoms with Crippen molar-refractivity contribution in [2.45, 2.75) is 39.2 Å². The fourth-order valence-corrected chi connectivity index (χ4v) is 5.52. The first-order valence-electron chi connectivity index (χ1n) is 13.3. The molecular formula is C29H41N7O2. The molecule has 0 aliphatic heterocycles. The zero-order valence-electron chi connectivity index (χ0n) is 23.9. The summed E-state index contributed by atoms with van der Waals surface area (Å²) in [4.78, 5) is 42.1. The van der Waals surface area contributed by atoms with Gasteiger partial charge >= 0.3 is 0 Å². The van der Waals surface area contributed by atoms with E-state index in [2.05, 4.69) is 74.1 Å². The Morgan fingerprint density at radius 1 is 1.13 bits per heavy atom. The molecule has 1 fully saturated rings. The summed E-state index contributed by atoms with van der Waals surface area (Å²) in [5.41, 5.74) is 2.01. The van der Waals surface area contributed by atoms with Crippen LogP contribution >= 0.6 is 0 Å². The largest absolute Gasteiger partial charge is 0.373 e. The van der Waals surface area contributed by atoms with E-state index in [4.69, 9.17) is 4.98 Å². The van der Waals surface area contributed by atoms with Crippen LogP contribution in [-0.4, -0.2) is 78.6 Å². The van der Waals surface area contributed by atoms with Gasteiger partial charge in [-0.25, -0.2) is 4.98 Å². The van der Waals surface area contributed by atoms with E-state index in [1.165, 1.54) is 4.90 Å². The highest BCUT2D eigenvalue weighted by Crippen LogP contribution is 2.50. The molecule has 1 aromatic carbocycles. The number of pyridine rings is 1. The van der Waals surface area contributed by atoms with Crippen molar-refractivity contribution in [3.05, 3.63) is 52.4 Å². The van der Waals surface area contributed by atoms with Crippen LogP contribution < -0.4 is 15.8 Å². The molecule has 1 aliphatic carbocycles. The highest BCUT2D eigenvalue weighted by molar-refractivity contribution is 5.96. The summed E-state index contributed by atoms with van der Waals surface area (Å²) in [5, 5.41) is 3.98. The van der Waals surface area contributed by atoms with E-state index in [0.717, 1.165) is 37.3 Å². The molecule has 1 amide bonds. The number of nitrogens with zero attached hydrogens (tertiary/aromatic N) is 6. The van der Waals surface area contributed by atoms with E-state index < -0.39 is 5.54 Å². The fourth-order valence-electron chi connectivity index (χ4n) is 5.52. The van der Waals surface area contributed by atoms with Crippen LogP contribution in [0.15, 0.2) is 41.3 Å². The first-order chi connectivity index (χ1) is 18.0. The summed E-state index contributed by atoms with van der Waals surface area (Å²) in [5.74, 6) is 0.586. The Kier molecular flexibility index (Phi) is 7.78. The smallest absolute Gasteiger partial charge is 0.265 e. The Balaban J connectivity index is 1.75. The van der Waals surface area contributed by atoms with Gasteiger partial charge in [0, 0.05) is 57.2 Å². The Hall–Kier alpha value is -3.46. The number of anilines is 3. The molecule has 9 nitrogen and oxygen atoms in total. The van der Waals surface area contributed by atoms with Gasteiger partial charge < -0.3 is 20.0 Å². The van der Waals surface area contributed by atoms with Crippen molar-refractivity contribution in [3.8, 4) is 0 Å². The van der Waals surface area contributed by atoms with Gasteiger partial charge in [0.2, 0.25) is 5.95 Å². The van der Waals surface area contributed by atoms with Gasteiger partial charge in [0.25, 0.3) is 11.5 Å². The molecule has 1 N–H and O–H groups in total. The molecule has 2 aromatic heterocycles. The van der Waals surface area contributed by atoms with Crippen molar-refractivity contribution < 1.29 is 4.79 Å². The molecule has 0 spiro atoms. The molecule has 204 valence electrons. The van der Waals surface area contributed by atoms with Crippen LogP contribution in [0.5, 0.6) is 0 Å². The predicted molar refractivity (Wildman–Crippen MR) is 155 cm³/mol.